The minimum Gasteiger partial charge on any atom is -0.483 e. The van der Waals surface area contributed by atoms with Gasteiger partial charge in [-0.05, 0) is 37.0 Å². The highest BCUT2D eigenvalue weighted by Crippen LogP contribution is 2.53. The predicted octanol–water partition coefficient (Wildman–Crippen LogP) is 2.97. The molecule has 2 saturated heterocycles. The fourth-order valence-corrected chi connectivity index (χ4v) is 6.35. The van der Waals surface area contributed by atoms with Gasteiger partial charge in [-0.1, -0.05) is 11.6 Å². The topological polar surface area (TPSA) is 196 Å². The summed E-state index contributed by atoms with van der Waals surface area (Å²) in [4.78, 5) is 52.7. The number of amides is 4. The number of rotatable bonds is 8. The summed E-state index contributed by atoms with van der Waals surface area (Å²) in [6.07, 6.45) is -2.79. The van der Waals surface area contributed by atoms with Crippen molar-refractivity contribution in [2.75, 3.05) is 38.0 Å². The second kappa shape index (κ2) is 15.4. The standard InChI is InChI=1S/C30H33ClF5N9O4.CH2O2/c1-43-21(18-14-45(23-8-29(23,32)33)42-24(18)30(34,35)36)11-38-25(43)27(48)40-16-4-5-17(19(31)7-16)26(47)39-9-15-3-2-6-44(13-15)28(49)41-20-10-37-12-22(20)46;2-1-3/h4-5,7,11,14-15,20,22-23,37,46H,2-3,6,8-10,12-13H2,1H3,(H,39,47)(H,40,48)(H,41,49);1H,(H,2,3)/t15?,20-,22-,23?;/m0./s1. The number of aliphatic hydroxyl groups excluding tert-OH is 1. The van der Waals surface area contributed by atoms with Crippen LogP contribution < -0.4 is 21.3 Å². The predicted molar refractivity (Wildman–Crippen MR) is 174 cm³/mol. The van der Waals surface area contributed by atoms with Crippen LogP contribution in [0.4, 0.5) is 32.4 Å². The average Bonchev–Trinajstić information content (AvgIpc) is 3.47. The van der Waals surface area contributed by atoms with E-state index in [1.807, 2.05) is 0 Å². The smallest absolute Gasteiger partial charge is 0.435 e. The quantitative estimate of drug-likeness (QED) is 0.148. The molecule has 4 heterocycles. The van der Waals surface area contributed by atoms with Crippen LogP contribution >= 0.6 is 11.6 Å². The highest BCUT2D eigenvalue weighted by atomic mass is 35.5. The van der Waals surface area contributed by atoms with Crippen LogP contribution in [0.5, 0.6) is 0 Å². The molecule has 0 radical (unpaired) electrons. The molecule has 3 fully saturated rings. The van der Waals surface area contributed by atoms with Crippen molar-refractivity contribution in [3.05, 3.63) is 52.7 Å². The zero-order valence-electron chi connectivity index (χ0n) is 27.5. The van der Waals surface area contributed by atoms with Gasteiger partial charge in [0, 0.05) is 58.1 Å². The lowest BCUT2D eigenvalue weighted by Crippen LogP contribution is -2.52. The summed E-state index contributed by atoms with van der Waals surface area (Å²) in [6.45, 7) is 1.92. The fraction of sp³-hybridized carbons (Fsp3) is 0.484. The molecule has 1 saturated carbocycles. The van der Waals surface area contributed by atoms with E-state index in [1.54, 1.807) is 4.90 Å². The van der Waals surface area contributed by atoms with Crippen molar-refractivity contribution in [3.63, 3.8) is 0 Å². The fourth-order valence-electron chi connectivity index (χ4n) is 6.08. The zero-order valence-corrected chi connectivity index (χ0v) is 28.2. The Labute approximate surface area is 297 Å². The number of imidazole rings is 1. The Morgan fingerprint density at radius 3 is 2.52 bits per heavy atom. The molecule has 2 unspecified atom stereocenters. The lowest BCUT2D eigenvalue weighted by atomic mass is 9.98. The molecule has 1 aliphatic carbocycles. The van der Waals surface area contributed by atoms with Gasteiger partial charge in [0.25, 0.3) is 24.2 Å². The number of aromatic nitrogens is 4. The summed E-state index contributed by atoms with van der Waals surface area (Å²) in [5.74, 6) is -4.72. The maximum absolute atomic E-state index is 13.8. The molecular weight excluding hydrogens is 725 g/mol. The van der Waals surface area contributed by atoms with Gasteiger partial charge in [-0.3, -0.25) is 19.1 Å². The van der Waals surface area contributed by atoms with E-state index >= 15 is 0 Å². The van der Waals surface area contributed by atoms with E-state index < -0.39 is 53.7 Å². The number of likely N-dealkylation sites (tertiary alicyclic amines) is 1. The first-order chi connectivity index (χ1) is 24.5. The van der Waals surface area contributed by atoms with E-state index in [0.717, 1.165) is 29.8 Å². The summed E-state index contributed by atoms with van der Waals surface area (Å²) in [7, 11) is 1.30. The van der Waals surface area contributed by atoms with Gasteiger partial charge in [0.15, 0.2) is 11.5 Å². The SMILES string of the molecule is Cn1c(-c2cn(C3CC3(F)F)nc2C(F)(F)F)cnc1C(=O)Nc1ccc(C(=O)NCC2CCCN(C(=O)N[C@H]3CNC[C@@H]3O)C2)c(Cl)c1.O=CO. The maximum atomic E-state index is 13.8. The molecule has 52 heavy (non-hydrogen) atoms. The lowest BCUT2D eigenvalue weighted by molar-refractivity contribution is -0.141. The third kappa shape index (κ3) is 8.61. The van der Waals surface area contributed by atoms with Crippen LogP contribution in [0.25, 0.3) is 11.3 Å². The van der Waals surface area contributed by atoms with E-state index in [2.05, 4.69) is 31.3 Å². The molecule has 6 N–H and O–H groups in total. The Balaban J connectivity index is 0.00000168. The van der Waals surface area contributed by atoms with Crippen LogP contribution in [0.3, 0.4) is 0 Å². The van der Waals surface area contributed by atoms with Crippen molar-refractivity contribution < 1.29 is 51.3 Å². The average molecular weight is 760 g/mol. The number of carbonyl (C=O) groups is 4. The van der Waals surface area contributed by atoms with Crippen LogP contribution in [0.1, 0.15) is 52.0 Å². The van der Waals surface area contributed by atoms with Crippen molar-refractivity contribution >= 4 is 41.6 Å². The van der Waals surface area contributed by atoms with Crippen LogP contribution in [0, 0.1) is 5.92 Å². The third-order valence-corrected chi connectivity index (χ3v) is 9.21. The Hall–Kier alpha value is -4.82. The van der Waals surface area contributed by atoms with Gasteiger partial charge < -0.3 is 40.9 Å². The van der Waals surface area contributed by atoms with E-state index in [4.69, 9.17) is 21.5 Å². The molecule has 4 amide bonds. The number of nitrogens with zero attached hydrogens (tertiary/aromatic N) is 5. The van der Waals surface area contributed by atoms with Gasteiger partial charge in [0.05, 0.1) is 40.2 Å². The summed E-state index contributed by atoms with van der Waals surface area (Å²) in [6, 6.07) is 2.03. The van der Waals surface area contributed by atoms with Crippen molar-refractivity contribution in [1.82, 2.24) is 40.2 Å². The molecule has 1 aromatic carbocycles. The molecule has 4 atom stereocenters. The summed E-state index contributed by atoms with van der Waals surface area (Å²) in [5, 5.41) is 31.5. The van der Waals surface area contributed by atoms with Crippen molar-refractivity contribution in [3.8, 4) is 11.3 Å². The van der Waals surface area contributed by atoms with Crippen LogP contribution in [0.2, 0.25) is 5.02 Å². The number of nitrogens with one attached hydrogen (secondary N) is 4. The first kappa shape index (κ1) is 38.4. The van der Waals surface area contributed by atoms with E-state index in [9.17, 15) is 41.4 Å². The number of hydrogen-bond acceptors (Lipinski definition) is 8. The minimum absolute atomic E-state index is 0.00806. The number of halogens is 6. The minimum atomic E-state index is -4.95. The van der Waals surface area contributed by atoms with Gasteiger partial charge in [-0.15, -0.1) is 0 Å². The Morgan fingerprint density at radius 2 is 1.90 bits per heavy atom. The molecule has 3 aromatic rings. The van der Waals surface area contributed by atoms with Gasteiger partial charge in [0.2, 0.25) is 0 Å². The molecular formula is C31H35ClF5N9O6. The summed E-state index contributed by atoms with van der Waals surface area (Å²) >= 11 is 6.37. The number of alkyl halides is 5. The highest BCUT2D eigenvalue weighted by molar-refractivity contribution is 6.34. The Kier molecular flexibility index (Phi) is 11.4. The second-order valence-corrected chi connectivity index (χ2v) is 13.0. The molecule has 0 bridgehead atoms. The number of anilines is 1. The lowest BCUT2D eigenvalue weighted by Gasteiger charge is -2.34. The van der Waals surface area contributed by atoms with Crippen molar-refractivity contribution in [1.29, 1.82) is 0 Å². The maximum Gasteiger partial charge on any atom is 0.435 e. The zero-order chi connectivity index (χ0) is 38.0. The number of aliphatic hydroxyl groups is 1. The first-order valence-electron chi connectivity index (χ1n) is 16.0. The number of β-amino-alcohol motifs (C(OH)–C–C–N with tert-alkyl or cyclic N) is 1. The van der Waals surface area contributed by atoms with Crippen molar-refractivity contribution in [2.24, 2.45) is 13.0 Å². The van der Waals surface area contributed by atoms with Crippen LogP contribution in [-0.4, -0.2) is 110 Å². The molecule has 0 spiro atoms. The van der Waals surface area contributed by atoms with E-state index in [0.29, 0.717) is 30.9 Å². The Morgan fingerprint density at radius 1 is 1.19 bits per heavy atom. The van der Waals surface area contributed by atoms with Crippen molar-refractivity contribution in [2.45, 2.75) is 49.5 Å². The van der Waals surface area contributed by atoms with E-state index in [1.165, 1.54) is 25.2 Å². The molecule has 282 valence electrons. The second-order valence-electron chi connectivity index (χ2n) is 12.6. The number of carboxylic acid groups (broad SMARTS) is 1. The van der Waals surface area contributed by atoms with Crippen LogP contribution in [-0.2, 0) is 18.0 Å². The molecule has 21 heteroatoms. The van der Waals surface area contributed by atoms with Gasteiger partial charge >= 0.3 is 12.2 Å². The molecule has 3 aliphatic rings. The number of urea groups is 1. The third-order valence-electron chi connectivity index (χ3n) is 8.90. The largest absolute Gasteiger partial charge is 0.483 e. The molecule has 15 nitrogen and oxygen atoms in total. The first-order valence-corrected chi connectivity index (χ1v) is 16.4. The monoisotopic (exact) mass is 759 g/mol. The summed E-state index contributed by atoms with van der Waals surface area (Å²) < 4.78 is 70.1. The van der Waals surface area contributed by atoms with Gasteiger partial charge in [-0.25, -0.2) is 18.6 Å². The highest BCUT2D eigenvalue weighted by Gasteiger charge is 2.59. The summed E-state index contributed by atoms with van der Waals surface area (Å²) in [5.41, 5.74) is -1.75. The molecule has 2 aromatic heterocycles. The van der Waals surface area contributed by atoms with Crippen LogP contribution in [0.15, 0.2) is 30.6 Å². The molecule has 6 rings (SSSR count). The molecule has 2 aliphatic heterocycles. The Bertz CT molecular complexity index is 1820. The van der Waals surface area contributed by atoms with Gasteiger partial charge in [-0.2, -0.15) is 18.3 Å². The number of carbonyl (C=O) groups excluding carboxylic acids is 3. The normalized spacial score (nSPS) is 22.2. The number of hydrogen-bond donors (Lipinski definition) is 6. The van der Waals surface area contributed by atoms with E-state index in [-0.39, 0.29) is 58.8 Å². The number of benzene rings is 1. The van der Waals surface area contributed by atoms with Gasteiger partial charge in [0.1, 0.15) is 6.04 Å². The number of piperidine rings is 1.